The highest BCUT2D eigenvalue weighted by atomic mass is 32.1. The van der Waals surface area contributed by atoms with E-state index < -0.39 is 0 Å². The average molecular weight is 320 g/mol. The SMILES string of the molecule is Cc1ncsc1C(=O)N(C)Cc1csc(C#CCCO)c1. The fourth-order valence-corrected chi connectivity index (χ4v) is 3.32. The second-order valence-corrected chi connectivity index (χ2v) is 6.29. The highest BCUT2D eigenvalue weighted by Gasteiger charge is 2.16. The minimum absolute atomic E-state index is 0.00545. The van der Waals surface area contributed by atoms with Gasteiger partial charge in [-0.2, -0.15) is 0 Å². The van der Waals surface area contributed by atoms with Crippen LogP contribution in [0.4, 0.5) is 0 Å². The summed E-state index contributed by atoms with van der Waals surface area (Å²) in [4.78, 5) is 19.7. The number of thiophene rings is 1. The molecule has 110 valence electrons. The molecule has 2 aromatic rings. The summed E-state index contributed by atoms with van der Waals surface area (Å²) in [7, 11) is 1.79. The van der Waals surface area contributed by atoms with Gasteiger partial charge in [-0.1, -0.05) is 11.8 Å². The van der Waals surface area contributed by atoms with Crippen molar-refractivity contribution < 1.29 is 9.90 Å². The van der Waals surface area contributed by atoms with Gasteiger partial charge in [0.2, 0.25) is 0 Å². The molecule has 0 aromatic carbocycles. The summed E-state index contributed by atoms with van der Waals surface area (Å²) >= 11 is 2.92. The van der Waals surface area contributed by atoms with Crippen LogP contribution in [0.3, 0.4) is 0 Å². The Morgan fingerprint density at radius 1 is 1.48 bits per heavy atom. The lowest BCUT2D eigenvalue weighted by molar-refractivity contribution is 0.0789. The predicted octanol–water partition coefficient (Wildman–Crippen LogP) is 2.52. The first kappa shape index (κ1) is 15.7. The molecule has 2 heterocycles. The number of carbonyl (C=O) groups is 1. The summed E-state index contributed by atoms with van der Waals surface area (Å²) in [6.07, 6.45) is 0.482. The third-order valence-corrected chi connectivity index (χ3v) is 4.62. The topological polar surface area (TPSA) is 53.4 Å². The van der Waals surface area contributed by atoms with Gasteiger partial charge >= 0.3 is 0 Å². The number of nitrogens with zero attached hydrogens (tertiary/aromatic N) is 2. The van der Waals surface area contributed by atoms with Crippen LogP contribution in [0.1, 0.15) is 32.2 Å². The molecule has 0 atom stereocenters. The van der Waals surface area contributed by atoms with Crippen molar-refractivity contribution in [2.45, 2.75) is 19.9 Å². The quantitative estimate of drug-likeness (QED) is 0.881. The number of hydrogen-bond donors (Lipinski definition) is 1. The highest BCUT2D eigenvalue weighted by molar-refractivity contribution is 7.12. The molecular formula is C15H16N2O2S2. The molecule has 0 saturated carbocycles. The molecule has 2 aromatic heterocycles. The van der Waals surface area contributed by atoms with Gasteiger partial charge in [-0.05, 0) is 23.9 Å². The van der Waals surface area contributed by atoms with Crippen LogP contribution in [0.2, 0.25) is 0 Å². The Kier molecular flexibility index (Phi) is 5.51. The summed E-state index contributed by atoms with van der Waals surface area (Å²) in [6, 6.07) is 1.98. The number of hydrogen-bond acceptors (Lipinski definition) is 5. The summed E-state index contributed by atoms with van der Waals surface area (Å²) in [6.45, 7) is 2.47. The van der Waals surface area contributed by atoms with Crippen molar-refractivity contribution >= 4 is 28.6 Å². The van der Waals surface area contributed by atoms with E-state index in [0.29, 0.717) is 17.8 Å². The smallest absolute Gasteiger partial charge is 0.265 e. The predicted molar refractivity (Wildman–Crippen MR) is 85.5 cm³/mol. The van der Waals surface area contributed by atoms with Crippen molar-refractivity contribution in [3.05, 3.63) is 38.0 Å². The molecular weight excluding hydrogens is 304 g/mol. The molecule has 21 heavy (non-hydrogen) atoms. The van der Waals surface area contributed by atoms with Crippen LogP contribution in [-0.2, 0) is 6.54 Å². The van der Waals surface area contributed by atoms with Gasteiger partial charge in [-0.25, -0.2) is 4.98 Å². The Morgan fingerprint density at radius 2 is 2.29 bits per heavy atom. The van der Waals surface area contributed by atoms with Gasteiger partial charge in [-0.3, -0.25) is 4.79 Å². The van der Waals surface area contributed by atoms with Crippen LogP contribution in [0.15, 0.2) is 17.0 Å². The van der Waals surface area contributed by atoms with Gasteiger partial charge in [0, 0.05) is 20.0 Å². The molecule has 0 bridgehead atoms. The van der Waals surface area contributed by atoms with Crippen LogP contribution in [-0.4, -0.2) is 34.6 Å². The van der Waals surface area contributed by atoms with Crippen LogP contribution < -0.4 is 0 Å². The Morgan fingerprint density at radius 3 is 2.95 bits per heavy atom. The number of carbonyl (C=O) groups excluding carboxylic acids is 1. The Balaban J connectivity index is 2.00. The molecule has 0 aliphatic heterocycles. The van der Waals surface area contributed by atoms with Crippen LogP contribution in [0, 0.1) is 18.8 Å². The lowest BCUT2D eigenvalue weighted by Gasteiger charge is -2.15. The lowest BCUT2D eigenvalue weighted by atomic mass is 10.2. The molecule has 0 aliphatic carbocycles. The highest BCUT2D eigenvalue weighted by Crippen LogP contribution is 2.18. The minimum atomic E-state index is -0.00545. The fourth-order valence-electron chi connectivity index (χ4n) is 1.76. The number of aliphatic hydroxyl groups excluding tert-OH is 1. The lowest BCUT2D eigenvalue weighted by Crippen LogP contribution is -2.25. The number of thiazole rings is 1. The summed E-state index contributed by atoms with van der Waals surface area (Å²) in [5.41, 5.74) is 3.53. The van der Waals surface area contributed by atoms with Gasteiger partial charge in [0.05, 0.1) is 22.7 Å². The molecule has 6 heteroatoms. The van der Waals surface area contributed by atoms with E-state index in [1.54, 1.807) is 28.8 Å². The summed E-state index contributed by atoms with van der Waals surface area (Å²) in [5, 5.41) is 10.7. The normalized spacial score (nSPS) is 10.0. The fraction of sp³-hybridized carbons (Fsp3) is 0.333. The van der Waals surface area contributed by atoms with E-state index in [1.165, 1.54) is 11.3 Å². The molecule has 0 spiro atoms. The van der Waals surface area contributed by atoms with E-state index >= 15 is 0 Å². The second-order valence-electron chi connectivity index (χ2n) is 4.52. The van der Waals surface area contributed by atoms with E-state index in [-0.39, 0.29) is 12.5 Å². The molecule has 4 nitrogen and oxygen atoms in total. The molecule has 0 unspecified atom stereocenters. The molecule has 1 N–H and O–H groups in total. The maximum absolute atomic E-state index is 12.3. The van der Waals surface area contributed by atoms with Crippen molar-refractivity contribution in [1.82, 2.24) is 9.88 Å². The molecule has 0 saturated heterocycles. The van der Waals surface area contributed by atoms with Gasteiger partial charge in [0.1, 0.15) is 4.88 Å². The van der Waals surface area contributed by atoms with Crippen molar-refractivity contribution in [3.8, 4) is 11.8 Å². The van der Waals surface area contributed by atoms with Crippen molar-refractivity contribution in [2.75, 3.05) is 13.7 Å². The van der Waals surface area contributed by atoms with Gasteiger partial charge < -0.3 is 10.0 Å². The van der Waals surface area contributed by atoms with E-state index in [2.05, 4.69) is 16.8 Å². The van der Waals surface area contributed by atoms with Crippen LogP contribution >= 0.6 is 22.7 Å². The van der Waals surface area contributed by atoms with Gasteiger partial charge in [-0.15, -0.1) is 22.7 Å². The first-order chi connectivity index (χ1) is 10.1. The zero-order valence-corrected chi connectivity index (χ0v) is 13.6. The van der Waals surface area contributed by atoms with Crippen molar-refractivity contribution in [2.24, 2.45) is 0 Å². The van der Waals surface area contributed by atoms with Crippen molar-refractivity contribution in [3.63, 3.8) is 0 Å². The molecule has 2 rings (SSSR count). The number of rotatable bonds is 4. The monoisotopic (exact) mass is 320 g/mol. The zero-order valence-electron chi connectivity index (χ0n) is 11.9. The Labute approximate surface area is 132 Å². The molecule has 0 fully saturated rings. The van der Waals surface area contributed by atoms with Gasteiger partial charge in [0.25, 0.3) is 5.91 Å². The molecule has 1 amide bonds. The van der Waals surface area contributed by atoms with E-state index in [1.807, 2.05) is 18.4 Å². The summed E-state index contributed by atoms with van der Waals surface area (Å²) < 4.78 is 0. The van der Waals surface area contributed by atoms with E-state index in [9.17, 15) is 4.79 Å². The summed E-state index contributed by atoms with van der Waals surface area (Å²) in [5.74, 6) is 5.89. The maximum atomic E-state index is 12.3. The largest absolute Gasteiger partial charge is 0.395 e. The number of amides is 1. The molecule has 0 aliphatic rings. The Bertz CT molecular complexity index is 679. The minimum Gasteiger partial charge on any atom is -0.395 e. The third-order valence-electron chi connectivity index (χ3n) is 2.81. The first-order valence-corrected chi connectivity index (χ1v) is 8.20. The maximum Gasteiger partial charge on any atom is 0.265 e. The number of aryl methyl sites for hydroxylation is 1. The zero-order chi connectivity index (χ0) is 15.2. The van der Waals surface area contributed by atoms with Gasteiger partial charge in [0.15, 0.2) is 0 Å². The number of aromatic nitrogens is 1. The standard InChI is InChI=1S/C15H16N2O2S2/c1-11-14(21-10-16-11)15(19)17(2)8-12-7-13(20-9-12)5-3-4-6-18/h7,9-10,18H,4,6,8H2,1-2H3. The van der Waals surface area contributed by atoms with E-state index in [0.717, 1.165) is 16.1 Å². The third kappa shape index (κ3) is 4.14. The number of aliphatic hydroxyl groups is 1. The van der Waals surface area contributed by atoms with Crippen molar-refractivity contribution in [1.29, 1.82) is 0 Å². The molecule has 0 radical (unpaired) electrons. The van der Waals surface area contributed by atoms with E-state index in [4.69, 9.17) is 5.11 Å². The average Bonchev–Trinajstić information content (AvgIpc) is 3.07. The van der Waals surface area contributed by atoms with Crippen LogP contribution in [0.5, 0.6) is 0 Å². The first-order valence-electron chi connectivity index (χ1n) is 6.44. The second kappa shape index (κ2) is 7.36. The van der Waals surface area contributed by atoms with Crippen LogP contribution in [0.25, 0.3) is 0 Å². The Hall–Kier alpha value is -1.68.